The third-order valence-electron chi connectivity index (χ3n) is 3.23. The molecule has 0 spiro atoms. The Morgan fingerprint density at radius 2 is 1.96 bits per heavy atom. The molecule has 25 heavy (non-hydrogen) atoms. The second-order valence-electron chi connectivity index (χ2n) is 4.95. The Bertz CT molecular complexity index is 865. The molecule has 128 valence electrons. The van der Waals surface area contributed by atoms with E-state index in [2.05, 4.69) is 10.6 Å². The molecule has 0 aromatic heterocycles. The molecule has 0 saturated carbocycles. The molecule has 0 heterocycles. The largest absolute Gasteiger partial charge is 0.478 e. The molecule has 0 unspecified atom stereocenters. The number of anilines is 2. The average molecular weight is 359 g/mol. The van der Waals surface area contributed by atoms with Gasteiger partial charge in [-0.2, -0.15) is 0 Å². The summed E-state index contributed by atoms with van der Waals surface area (Å²) in [4.78, 5) is 22.5. The quantitative estimate of drug-likeness (QED) is 0.178. The molecular weight excluding hydrogens is 344 g/mol. The van der Waals surface area contributed by atoms with Gasteiger partial charge in [0.1, 0.15) is 0 Å². The van der Waals surface area contributed by atoms with Gasteiger partial charge in [0.25, 0.3) is 0 Å². The Hall–Kier alpha value is -3.32. The zero-order valence-corrected chi connectivity index (χ0v) is 13.7. The molecule has 1 amide bonds. The lowest BCUT2D eigenvalue weighted by molar-refractivity contribution is -0.130. The normalized spacial score (nSPS) is 10.8. The maximum Gasteiger partial charge on any atom is 0.336 e. The van der Waals surface area contributed by atoms with Crippen LogP contribution in [0.3, 0.4) is 0 Å². The molecule has 0 fully saturated rings. The van der Waals surface area contributed by atoms with Gasteiger partial charge < -0.3 is 21.5 Å². The first-order valence-electron chi connectivity index (χ1n) is 7.07. The van der Waals surface area contributed by atoms with Gasteiger partial charge in [-0.1, -0.05) is 35.9 Å². The van der Waals surface area contributed by atoms with E-state index in [1.54, 1.807) is 42.5 Å². The number of benzene rings is 2. The summed E-state index contributed by atoms with van der Waals surface area (Å²) < 4.78 is 0. The van der Waals surface area contributed by atoms with Crippen LogP contribution in [-0.4, -0.2) is 23.4 Å². The Morgan fingerprint density at radius 3 is 2.60 bits per heavy atom. The average Bonchev–Trinajstić information content (AvgIpc) is 2.54. The summed E-state index contributed by atoms with van der Waals surface area (Å²) >= 11 is 6.05. The van der Waals surface area contributed by atoms with Gasteiger partial charge in [0.05, 0.1) is 16.3 Å². The highest BCUT2D eigenvalue weighted by molar-refractivity contribution is 6.34. The SMILES string of the molecule is N=C(N)Nc1cccc(C(=Cc2cccc(Cl)c2NC=O)C(=O)O)c1. The van der Waals surface area contributed by atoms with E-state index in [0.717, 1.165) is 0 Å². The number of para-hydroxylation sites is 1. The number of hydrogen-bond donors (Lipinski definition) is 5. The van der Waals surface area contributed by atoms with Crippen molar-refractivity contribution in [3.8, 4) is 0 Å². The molecule has 0 atom stereocenters. The Balaban J connectivity index is 2.54. The minimum atomic E-state index is -1.16. The van der Waals surface area contributed by atoms with Gasteiger partial charge in [0.15, 0.2) is 5.96 Å². The number of nitrogens with two attached hydrogens (primary N) is 1. The van der Waals surface area contributed by atoms with Crippen LogP contribution in [-0.2, 0) is 9.59 Å². The van der Waals surface area contributed by atoms with Crippen LogP contribution < -0.4 is 16.4 Å². The molecule has 7 nitrogen and oxygen atoms in total. The second kappa shape index (κ2) is 7.98. The highest BCUT2D eigenvalue weighted by Gasteiger charge is 2.13. The molecule has 2 rings (SSSR count). The highest BCUT2D eigenvalue weighted by atomic mass is 35.5. The van der Waals surface area contributed by atoms with Crippen molar-refractivity contribution in [1.82, 2.24) is 0 Å². The van der Waals surface area contributed by atoms with Crippen molar-refractivity contribution in [2.45, 2.75) is 0 Å². The zero-order chi connectivity index (χ0) is 18.4. The number of nitrogens with one attached hydrogen (secondary N) is 3. The summed E-state index contributed by atoms with van der Waals surface area (Å²) in [7, 11) is 0. The Morgan fingerprint density at radius 1 is 1.24 bits per heavy atom. The van der Waals surface area contributed by atoms with Crippen LogP contribution in [0.2, 0.25) is 5.02 Å². The predicted molar refractivity (Wildman–Crippen MR) is 98.6 cm³/mol. The number of aliphatic carboxylic acids is 1. The first-order chi connectivity index (χ1) is 11.9. The standard InChI is InChI=1S/C17H15ClN4O3/c18-14-6-2-4-11(15(14)21-9-23)8-13(16(24)25)10-3-1-5-12(7-10)22-17(19)20/h1-9H,(H,21,23)(H,24,25)(H4,19,20,22). The van der Waals surface area contributed by atoms with Crippen LogP contribution in [0, 0.1) is 5.41 Å². The van der Waals surface area contributed by atoms with Gasteiger partial charge in [-0.15, -0.1) is 0 Å². The molecule has 8 heteroatoms. The topological polar surface area (TPSA) is 128 Å². The van der Waals surface area contributed by atoms with Gasteiger partial charge >= 0.3 is 5.97 Å². The highest BCUT2D eigenvalue weighted by Crippen LogP contribution is 2.30. The maximum atomic E-state index is 11.7. The monoisotopic (exact) mass is 358 g/mol. The number of halogens is 1. The molecule has 2 aromatic rings. The van der Waals surface area contributed by atoms with E-state index < -0.39 is 5.97 Å². The van der Waals surface area contributed by atoms with E-state index in [1.165, 1.54) is 6.08 Å². The molecule has 0 radical (unpaired) electrons. The fraction of sp³-hybridized carbons (Fsp3) is 0. The third-order valence-corrected chi connectivity index (χ3v) is 3.55. The first kappa shape index (κ1) is 18.0. The van der Waals surface area contributed by atoms with Crippen LogP contribution in [0.4, 0.5) is 11.4 Å². The molecular formula is C17H15ClN4O3. The van der Waals surface area contributed by atoms with Crippen LogP contribution in [0.25, 0.3) is 11.6 Å². The van der Waals surface area contributed by atoms with E-state index in [1.807, 2.05) is 0 Å². The minimum absolute atomic E-state index is 0.0107. The molecule has 2 aromatic carbocycles. The van der Waals surface area contributed by atoms with Crippen molar-refractivity contribution < 1.29 is 14.7 Å². The molecule has 0 aliphatic rings. The molecule has 0 aliphatic carbocycles. The number of carbonyl (C=O) groups is 2. The minimum Gasteiger partial charge on any atom is -0.478 e. The number of carboxylic acids is 1. The second-order valence-corrected chi connectivity index (χ2v) is 5.36. The lowest BCUT2D eigenvalue weighted by Gasteiger charge is -2.10. The zero-order valence-electron chi connectivity index (χ0n) is 12.9. The van der Waals surface area contributed by atoms with Gasteiger partial charge in [-0.25, -0.2) is 4.79 Å². The summed E-state index contributed by atoms with van der Waals surface area (Å²) in [6.07, 6.45) is 1.88. The molecule has 0 aliphatic heterocycles. The van der Waals surface area contributed by atoms with Gasteiger partial charge in [0.2, 0.25) is 6.41 Å². The van der Waals surface area contributed by atoms with Gasteiger partial charge in [0, 0.05) is 11.3 Å². The number of hydrogen-bond acceptors (Lipinski definition) is 3. The molecule has 6 N–H and O–H groups in total. The predicted octanol–water partition coefficient (Wildman–Crippen LogP) is 2.84. The number of amides is 1. The van der Waals surface area contributed by atoms with Crippen molar-refractivity contribution in [1.29, 1.82) is 5.41 Å². The van der Waals surface area contributed by atoms with Crippen molar-refractivity contribution in [3.63, 3.8) is 0 Å². The van der Waals surface area contributed by atoms with Crippen molar-refractivity contribution in [2.75, 3.05) is 10.6 Å². The van der Waals surface area contributed by atoms with Crippen molar-refractivity contribution in [2.24, 2.45) is 5.73 Å². The van der Waals surface area contributed by atoms with Gasteiger partial charge in [-0.05, 0) is 29.8 Å². The smallest absolute Gasteiger partial charge is 0.336 e. The Kier molecular flexibility index (Phi) is 5.75. The summed E-state index contributed by atoms with van der Waals surface area (Å²) in [5, 5.41) is 22.2. The lowest BCUT2D eigenvalue weighted by Crippen LogP contribution is -2.20. The van der Waals surface area contributed by atoms with Crippen molar-refractivity contribution >= 4 is 53.0 Å². The number of guanidine groups is 1. The summed E-state index contributed by atoms with van der Waals surface area (Å²) in [6.45, 7) is 0. The number of rotatable bonds is 6. The maximum absolute atomic E-state index is 11.7. The van der Waals surface area contributed by atoms with Gasteiger partial charge in [-0.3, -0.25) is 10.2 Å². The lowest BCUT2D eigenvalue weighted by atomic mass is 10.0. The fourth-order valence-corrected chi connectivity index (χ4v) is 2.45. The van der Waals surface area contributed by atoms with E-state index >= 15 is 0 Å². The molecule has 0 saturated heterocycles. The third kappa shape index (κ3) is 4.58. The van der Waals surface area contributed by atoms with Crippen LogP contribution in [0.15, 0.2) is 42.5 Å². The fourth-order valence-electron chi connectivity index (χ4n) is 2.22. The van der Waals surface area contributed by atoms with E-state index in [9.17, 15) is 14.7 Å². The van der Waals surface area contributed by atoms with E-state index in [0.29, 0.717) is 28.9 Å². The van der Waals surface area contributed by atoms with Crippen LogP contribution in [0.1, 0.15) is 11.1 Å². The Labute approximate surface area is 148 Å². The molecule has 0 bridgehead atoms. The number of carbonyl (C=O) groups excluding carboxylic acids is 1. The van der Waals surface area contributed by atoms with E-state index in [4.69, 9.17) is 22.7 Å². The van der Waals surface area contributed by atoms with Crippen molar-refractivity contribution in [3.05, 3.63) is 58.6 Å². The number of carboxylic acid groups (broad SMARTS) is 1. The van der Waals surface area contributed by atoms with E-state index in [-0.39, 0.29) is 16.6 Å². The summed E-state index contributed by atoms with van der Waals surface area (Å²) in [5.41, 5.74) is 6.92. The summed E-state index contributed by atoms with van der Waals surface area (Å²) in [6, 6.07) is 11.3. The first-order valence-corrected chi connectivity index (χ1v) is 7.45. The summed E-state index contributed by atoms with van der Waals surface area (Å²) in [5.74, 6) is -1.41. The van der Waals surface area contributed by atoms with Crippen LogP contribution >= 0.6 is 11.6 Å². The van der Waals surface area contributed by atoms with Crippen LogP contribution in [0.5, 0.6) is 0 Å².